The van der Waals surface area contributed by atoms with Crippen LogP contribution in [0.5, 0.6) is 11.8 Å². The Morgan fingerprint density at radius 3 is 2.65 bits per heavy atom. The minimum Gasteiger partial charge on any atom is -0.508 e. The van der Waals surface area contributed by atoms with Gasteiger partial charge in [0, 0.05) is 49.0 Å². The van der Waals surface area contributed by atoms with Crippen molar-refractivity contribution < 1.29 is 14.2 Å². The lowest BCUT2D eigenvalue weighted by Gasteiger charge is -2.34. The third-order valence-electron chi connectivity index (χ3n) is 7.68. The number of phenolic OH excluding ortho intramolecular Hbond substituents is 1. The Hall–Kier alpha value is -4.57. The van der Waals surface area contributed by atoms with Crippen LogP contribution in [0.15, 0.2) is 60.8 Å². The van der Waals surface area contributed by atoms with Gasteiger partial charge in [-0.1, -0.05) is 30.3 Å². The summed E-state index contributed by atoms with van der Waals surface area (Å²) in [5.74, 6) is 0.502. The summed E-state index contributed by atoms with van der Waals surface area (Å²) in [6.45, 7) is 1.77. The lowest BCUT2D eigenvalue weighted by Crippen LogP contribution is -2.51. The first-order chi connectivity index (χ1) is 19.5. The summed E-state index contributed by atoms with van der Waals surface area (Å²) < 4.78 is 22.4. The Balaban J connectivity index is 1.32. The number of hydrogen-bond donors (Lipinski definition) is 3. The molecule has 2 atom stereocenters. The van der Waals surface area contributed by atoms with Crippen molar-refractivity contribution in [3.63, 3.8) is 0 Å². The maximum absolute atomic E-state index is 16.4. The van der Waals surface area contributed by atoms with E-state index in [2.05, 4.69) is 25.2 Å². The first kappa shape index (κ1) is 24.5. The van der Waals surface area contributed by atoms with Crippen LogP contribution in [-0.4, -0.2) is 56.8 Å². The molecular weight excluding hydrogens is 509 g/mol. The second-order valence-corrected chi connectivity index (χ2v) is 10.4. The number of ether oxygens (including phenoxy) is 1. The van der Waals surface area contributed by atoms with E-state index in [1.807, 2.05) is 36.4 Å². The molecule has 202 valence electrons. The highest BCUT2D eigenvalue weighted by Crippen LogP contribution is 2.37. The van der Waals surface area contributed by atoms with E-state index in [1.165, 1.54) is 6.07 Å². The lowest BCUT2D eigenvalue weighted by atomic mass is 10.0. The van der Waals surface area contributed by atoms with Crippen LogP contribution in [0.1, 0.15) is 18.5 Å². The predicted octanol–water partition coefficient (Wildman–Crippen LogP) is 4.23. The van der Waals surface area contributed by atoms with Gasteiger partial charge >= 0.3 is 6.01 Å². The Bertz CT molecular complexity index is 1740. The summed E-state index contributed by atoms with van der Waals surface area (Å²) >= 11 is 0. The van der Waals surface area contributed by atoms with Gasteiger partial charge < -0.3 is 25.8 Å². The van der Waals surface area contributed by atoms with Crippen molar-refractivity contribution in [2.45, 2.75) is 31.3 Å². The van der Waals surface area contributed by atoms with E-state index >= 15 is 4.39 Å². The number of fused-ring (bicyclic) bond motifs is 4. The van der Waals surface area contributed by atoms with Crippen molar-refractivity contribution in [2.24, 2.45) is 0 Å². The SMILES string of the molecule is Nc1cccc(CCOc2nc(N3CC4CCC(C3)N4)c3cnc(-c4cc(O)cc5ccccc45)c(F)c3n2)n1. The van der Waals surface area contributed by atoms with Gasteiger partial charge in [0.2, 0.25) is 0 Å². The van der Waals surface area contributed by atoms with Crippen LogP contribution < -0.4 is 20.7 Å². The highest BCUT2D eigenvalue weighted by Gasteiger charge is 2.34. The number of nitrogen functional groups attached to an aromatic ring is 1. The summed E-state index contributed by atoms with van der Waals surface area (Å²) in [4.78, 5) is 20.3. The molecule has 2 aliphatic heterocycles. The Morgan fingerprint density at radius 1 is 1.00 bits per heavy atom. The zero-order valence-electron chi connectivity index (χ0n) is 21.7. The molecule has 0 amide bonds. The fourth-order valence-electron chi connectivity index (χ4n) is 5.86. The van der Waals surface area contributed by atoms with Crippen molar-refractivity contribution in [1.82, 2.24) is 25.3 Å². The average Bonchev–Trinajstić information content (AvgIpc) is 3.30. The van der Waals surface area contributed by atoms with Crippen molar-refractivity contribution >= 4 is 33.3 Å². The topological polar surface area (TPSA) is 122 Å². The van der Waals surface area contributed by atoms with E-state index in [9.17, 15) is 5.11 Å². The van der Waals surface area contributed by atoms with Crippen LogP contribution in [0, 0.1) is 5.82 Å². The highest BCUT2D eigenvalue weighted by atomic mass is 19.1. The largest absolute Gasteiger partial charge is 0.508 e. The van der Waals surface area contributed by atoms with Crippen molar-refractivity contribution in [1.29, 1.82) is 0 Å². The average molecular weight is 538 g/mol. The minimum absolute atomic E-state index is 0.0360. The number of pyridine rings is 2. The Kier molecular flexibility index (Phi) is 6.04. The molecule has 9 nitrogen and oxygen atoms in total. The number of anilines is 2. The summed E-state index contributed by atoms with van der Waals surface area (Å²) in [6.07, 6.45) is 4.33. The number of benzene rings is 2. The molecule has 4 N–H and O–H groups in total. The number of nitrogens with two attached hydrogens (primary N) is 1. The third kappa shape index (κ3) is 4.50. The van der Waals surface area contributed by atoms with Gasteiger partial charge in [-0.2, -0.15) is 9.97 Å². The van der Waals surface area contributed by atoms with E-state index < -0.39 is 5.82 Å². The van der Waals surface area contributed by atoms with Crippen LogP contribution in [-0.2, 0) is 6.42 Å². The van der Waals surface area contributed by atoms with Crippen LogP contribution in [0.2, 0.25) is 0 Å². The van der Waals surface area contributed by atoms with Crippen LogP contribution in [0.4, 0.5) is 16.0 Å². The van der Waals surface area contributed by atoms with E-state index in [0.29, 0.717) is 41.1 Å². The minimum atomic E-state index is -0.586. The fraction of sp³-hybridized carbons (Fsp3) is 0.267. The summed E-state index contributed by atoms with van der Waals surface area (Å²) in [5, 5.41) is 16.1. The highest BCUT2D eigenvalue weighted by molar-refractivity contribution is 5.99. The lowest BCUT2D eigenvalue weighted by molar-refractivity contribution is 0.296. The number of nitrogens with zero attached hydrogens (tertiary/aromatic N) is 5. The van der Waals surface area contributed by atoms with Crippen molar-refractivity contribution in [3.05, 3.63) is 72.3 Å². The number of halogens is 1. The second-order valence-electron chi connectivity index (χ2n) is 10.4. The third-order valence-corrected chi connectivity index (χ3v) is 7.68. The molecule has 10 heteroatoms. The molecule has 0 saturated carbocycles. The number of hydrogen-bond acceptors (Lipinski definition) is 9. The standard InChI is InChI=1S/C30H28FN7O2/c31-26-27(23-13-21(39)12-17-4-1-2-6-22(17)23)33-14-24-28(26)36-30(40-11-10-18-5-3-7-25(32)35-18)37-29(24)38-15-19-8-9-20(16-38)34-19/h1-7,12-14,19-20,34,39H,8-11,15-16H2,(H2,32,35). The molecule has 0 spiro atoms. The predicted molar refractivity (Wildman–Crippen MR) is 152 cm³/mol. The zero-order chi connectivity index (χ0) is 27.2. The smallest absolute Gasteiger partial charge is 0.319 e. The molecule has 7 rings (SSSR count). The number of rotatable bonds is 6. The maximum atomic E-state index is 16.4. The Labute approximate surface area is 229 Å². The van der Waals surface area contributed by atoms with Gasteiger partial charge in [-0.3, -0.25) is 4.98 Å². The molecule has 2 fully saturated rings. The second kappa shape index (κ2) is 9.87. The maximum Gasteiger partial charge on any atom is 0.319 e. The van der Waals surface area contributed by atoms with Crippen molar-refractivity contribution in [3.8, 4) is 23.0 Å². The van der Waals surface area contributed by atoms with E-state index in [-0.39, 0.29) is 29.6 Å². The van der Waals surface area contributed by atoms with Crippen LogP contribution >= 0.6 is 0 Å². The summed E-state index contributed by atoms with van der Waals surface area (Å²) in [5.41, 5.74) is 7.32. The first-order valence-corrected chi connectivity index (χ1v) is 13.5. The molecular formula is C30H28FN7O2. The first-order valence-electron chi connectivity index (χ1n) is 13.5. The number of nitrogens with one attached hydrogen (secondary N) is 1. The summed E-state index contributed by atoms with van der Waals surface area (Å²) in [7, 11) is 0. The number of phenols is 1. The van der Waals surface area contributed by atoms with E-state index in [1.54, 1.807) is 18.3 Å². The fourth-order valence-corrected chi connectivity index (χ4v) is 5.86. The van der Waals surface area contributed by atoms with Gasteiger partial charge in [-0.05, 0) is 47.9 Å². The van der Waals surface area contributed by atoms with E-state index in [0.717, 1.165) is 42.4 Å². The normalized spacial score (nSPS) is 18.5. The number of aromatic nitrogens is 4. The Morgan fingerprint density at radius 2 is 1.82 bits per heavy atom. The molecule has 40 heavy (non-hydrogen) atoms. The van der Waals surface area contributed by atoms with Gasteiger partial charge in [0.15, 0.2) is 5.82 Å². The zero-order valence-corrected chi connectivity index (χ0v) is 21.7. The van der Waals surface area contributed by atoms with Gasteiger partial charge in [0.25, 0.3) is 0 Å². The molecule has 5 heterocycles. The van der Waals surface area contributed by atoms with Gasteiger partial charge in [-0.25, -0.2) is 9.37 Å². The van der Waals surface area contributed by atoms with Gasteiger partial charge in [0.1, 0.15) is 28.6 Å². The molecule has 2 aliphatic rings. The van der Waals surface area contributed by atoms with Gasteiger partial charge in [-0.15, -0.1) is 0 Å². The van der Waals surface area contributed by atoms with Crippen LogP contribution in [0.3, 0.4) is 0 Å². The van der Waals surface area contributed by atoms with Crippen LogP contribution in [0.25, 0.3) is 32.9 Å². The van der Waals surface area contributed by atoms with Gasteiger partial charge in [0.05, 0.1) is 12.0 Å². The quantitative estimate of drug-likeness (QED) is 0.292. The summed E-state index contributed by atoms with van der Waals surface area (Å²) in [6, 6.07) is 17.0. The monoisotopic (exact) mass is 537 g/mol. The molecule has 0 radical (unpaired) electrons. The molecule has 2 aromatic carbocycles. The molecule has 2 saturated heterocycles. The number of piperazine rings is 1. The molecule has 5 aromatic rings. The number of aromatic hydroxyl groups is 1. The molecule has 0 aliphatic carbocycles. The molecule has 2 bridgehead atoms. The molecule has 3 aromatic heterocycles. The van der Waals surface area contributed by atoms with Crippen molar-refractivity contribution in [2.75, 3.05) is 30.3 Å². The van der Waals surface area contributed by atoms with E-state index in [4.69, 9.17) is 15.5 Å². The molecule has 2 unspecified atom stereocenters.